The summed E-state index contributed by atoms with van der Waals surface area (Å²) < 4.78 is 30.1. The standard InChI is InChI=1S/C22H24FNO4/c1-26-19-7-4-15(13-17(19)23)5-9-22(25)24-10-2-3-18(24)16-6-8-20-21(14-16)28-12-11-27-20/h4,6-8,13-14,18H,2-3,5,9-12H2,1H3. The van der Waals surface area contributed by atoms with Gasteiger partial charge in [-0.05, 0) is 54.7 Å². The monoisotopic (exact) mass is 385 g/mol. The summed E-state index contributed by atoms with van der Waals surface area (Å²) in [6, 6.07) is 10.8. The number of benzene rings is 2. The van der Waals surface area contributed by atoms with Crippen LogP contribution in [0.15, 0.2) is 36.4 Å². The molecule has 2 aliphatic heterocycles. The lowest BCUT2D eigenvalue weighted by molar-refractivity contribution is -0.132. The first kappa shape index (κ1) is 18.6. The van der Waals surface area contributed by atoms with E-state index >= 15 is 0 Å². The number of ether oxygens (including phenoxy) is 3. The van der Waals surface area contributed by atoms with Crippen LogP contribution in [0.5, 0.6) is 17.2 Å². The van der Waals surface area contributed by atoms with Gasteiger partial charge in [0, 0.05) is 13.0 Å². The first-order valence-corrected chi connectivity index (χ1v) is 9.67. The van der Waals surface area contributed by atoms with Crippen LogP contribution in [0.4, 0.5) is 4.39 Å². The normalized spacial score (nSPS) is 18.2. The second-order valence-corrected chi connectivity index (χ2v) is 7.12. The molecule has 0 N–H and O–H groups in total. The molecule has 2 aromatic rings. The van der Waals surface area contributed by atoms with Crippen molar-refractivity contribution < 1.29 is 23.4 Å². The van der Waals surface area contributed by atoms with Gasteiger partial charge in [0.1, 0.15) is 13.2 Å². The average molecular weight is 385 g/mol. The van der Waals surface area contributed by atoms with Crippen molar-refractivity contribution in [3.05, 3.63) is 53.3 Å². The Balaban J connectivity index is 1.43. The van der Waals surface area contributed by atoms with Gasteiger partial charge in [-0.15, -0.1) is 0 Å². The highest BCUT2D eigenvalue weighted by atomic mass is 19.1. The molecule has 1 amide bonds. The van der Waals surface area contributed by atoms with E-state index in [1.807, 2.05) is 23.1 Å². The Morgan fingerprint density at radius 1 is 1.18 bits per heavy atom. The Hall–Kier alpha value is -2.76. The van der Waals surface area contributed by atoms with Crippen LogP contribution >= 0.6 is 0 Å². The van der Waals surface area contributed by atoms with E-state index in [0.717, 1.165) is 42.0 Å². The predicted molar refractivity (Wildman–Crippen MR) is 102 cm³/mol. The minimum absolute atomic E-state index is 0.0518. The first-order valence-electron chi connectivity index (χ1n) is 9.67. The number of fused-ring (bicyclic) bond motifs is 1. The van der Waals surface area contributed by atoms with Crippen molar-refractivity contribution in [1.29, 1.82) is 0 Å². The fourth-order valence-electron chi connectivity index (χ4n) is 3.94. The van der Waals surface area contributed by atoms with E-state index in [1.54, 1.807) is 12.1 Å². The summed E-state index contributed by atoms with van der Waals surface area (Å²) in [7, 11) is 1.44. The van der Waals surface area contributed by atoms with Crippen LogP contribution in [-0.2, 0) is 11.2 Å². The number of hydrogen-bond donors (Lipinski definition) is 0. The summed E-state index contributed by atoms with van der Waals surface area (Å²) in [6.07, 6.45) is 2.77. The number of nitrogens with zero attached hydrogens (tertiary/aromatic N) is 1. The van der Waals surface area contributed by atoms with Crippen molar-refractivity contribution in [2.24, 2.45) is 0 Å². The minimum Gasteiger partial charge on any atom is -0.494 e. The van der Waals surface area contributed by atoms with E-state index in [-0.39, 0.29) is 17.7 Å². The maximum atomic E-state index is 13.9. The maximum Gasteiger partial charge on any atom is 0.223 e. The molecular formula is C22H24FNO4. The molecule has 5 nitrogen and oxygen atoms in total. The van der Waals surface area contributed by atoms with Gasteiger partial charge < -0.3 is 19.1 Å². The van der Waals surface area contributed by atoms with E-state index in [4.69, 9.17) is 14.2 Å². The van der Waals surface area contributed by atoms with Gasteiger partial charge in [0.25, 0.3) is 0 Å². The molecule has 1 atom stereocenters. The highest BCUT2D eigenvalue weighted by Gasteiger charge is 2.30. The van der Waals surface area contributed by atoms with Crippen molar-refractivity contribution in [3.8, 4) is 17.2 Å². The molecule has 2 heterocycles. The number of amides is 1. The number of carbonyl (C=O) groups excluding carboxylic acids is 1. The number of rotatable bonds is 5. The van der Waals surface area contributed by atoms with Crippen LogP contribution in [0.1, 0.15) is 36.4 Å². The number of halogens is 1. The first-order chi connectivity index (χ1) is 13.7. The van der Waals surface area contributed by atoms with Gasteiger partial charge in [-0.25, -0.2) is 4.39 Å². The summed E-state index contributed by atoms with van der Waals surface area (Å²) in [5.41, 5.74) is 1.87. The number of methoxy groups -OCH3 is 1. The molecule has 0 aliphatic carbocycles. The molecule has 0 radical (unpaired) electrons. The SMILES string of the molecule is COc1ccc(CCC(=O)N2CCCC2c2ccc3c(c2)OCCO3)cc1F. The number of likely N-dealkylation sites (tertiary alicyclic amines) is 1. The Morgan fingerprint density at radius 3 is 2.79 bits per heavy atom. The largest absolute Gasteiger partial charge is 0.494 e. The predicted octanol–water partition coefficient (Wildman–Crippen LogP) is 3.90. The molecule has 1 saturated heterocycles. The smallest absolute Gasteiger partial charge is 0.223 e. The fraction of sp³-hybridized carbons (Fsp3) is 0.409. The number of aryl methyl sites for hydroxylation is 1. The second-order valence-electron chi connectivity index (χ2n) is 7.12. The molecule has 1 fully saturated rings. The summed E-state index contributed by atoms with van der Waals surface area (Å²) in [5.74, 6) is 1.41. The average Bonchev–Trinajstić information content (AvgIpc) is 3.22. The molecule has 2 aromatic carbocycles. The van der Waals surface area contributed by atoms with Crippen LogP contribution in [0.25, 0.3) is 0 Å². The van der Waals surface area contributed by atoms with Gasteiger partial charge in [0.05, 0.1) is 13.2 Å². The summed E-state index contributed by atoms with van der Waals surface area (Å²) in [5, 5.41) is 0. The third-order valence-electron chi connectivity index (χ3n) is 5.37. The quantitative estimate of drug-likeness (QED) is 0.783. The van der Waals surface area contributed by atoms with Gasteiger partial charge in [-0.1, -0.05) is 12.1 Å². The molecule has 28 heavy (non-hydrogen) atoms. The highest BCUT2D eigenvalue weighted by Crippen LogP contribution is 2.38. The Morgan fingerprint density at radius 2 is 2.00 bits per heavy atom. The van der Waals surface area contributed by atoms with Crippen molar-refractivity contribution in [1.82, 2.24) is 4.90 Å². The molecule has 2 aliphatic rings. The van der Waals surface area contributed by atoms with Crippen LogP contribution < -0.4 is 14.2 Å². The van der Waals surface area contributed by atoms with E-state index in [9.17, 15) is 9.18 Å². The zero-order valence-corrected chi connectivity index (χ0v) is 15.9. The number of carbonyl (C=O) groups is 1. The van der Waals surface area contributed by atoms with E-state index < -0.39 is 5.82 Å². The molecule has 148 valence electrons. The van der Waals surface area contributed by atoms with E-state index in [2.05, 4.69) is 0 Å². The molecular weight excluding hydrogens is 361 g/mol. The molecule has 1 unspecified atom stereocenters. The highest BCUT2D eigenvalue weighted by molar-refractivity contribution is 5.77. The zero-order valence-electron chi connectivity index (χ0n) is 15.9. The van der Waals surface area contributed by atoms with Gasteiger partial charge >= 0.3 is 0 Å². The lowest BCUT2D eigenvalue weighted by atomic mass is 10.0. The summed E-state index contributed by atoms with van der Waals surface area (Å²) in [6.45, 7) is 1.85. The summed E-state index contributed by atoms with van der Waals surface area (Å²) >= 11 is 0. The molecule has 0 bridgehead atoms. The zero-order chi connectivity index (χ0) is 19.5. The van der Waals surface area contributed by atoms with Crippen molar-refractivity contribution >= 4 is 5.91 Å². The van der Waals surface area contributed by atoms with Crippen LogP contribution in [-0.4, -0.2) is 37.7 Å². The van der Waals surface area contributed by atoms with Crippen molar-refractivity contribution in [3.63, 3.8) is 0 Å². The molecule has 6 heteroatoms. The fourth-order valence-corrected chi connectivity index (χ4v) is 3.94. The minimum atomic E-state index is -0.400. The number of hydrogen-bond acceptors (Lipinski definition) is 4. The molecule has 4 rings (SSSR count). The van der Waals surface area contributed by atoms with E-state index in [1.165, 1.54) is 13.2 Å². The van der Waals surface area contributed by atoms with Gasteiger partial charge in [-0.3, -0.25) is 4.79 Å². The van der Waals surface area contributed by atoms with Crippen LogP contribution in [0.3, 0.4) is 0 Å². The van der Waals surface area contributed by atoms with Gasteiger partial charge in [-0.2, -0.15) is 0 Å². The Kier molecular flexibility index (Phi) is 5.37. The van der Waals surface area contributed by atoms with Crippen molar-refractivity contribution in [2.75, 3.05) is 26.9 Å². The Bertz CT molecular complexity index is 870. The molecule has 0 saturated carbocycles. The lowest BCUT2D eigenvalue weighted by Crippen LogP contribution is -2.30. The van der Waals surface area contributed by atoms with Crippen LogP contribution in [0.2, 0.25) is 0 Å². The maximum absolute atomic E-state index is 13.9. The summed E-state index contributed by atoms with van der Waals surface area (Å²) in [4.78, 5) is 14.8. The van der Waals surface area contributed by atoms with Crippen molar-refractivity contribution in [2.45, 2.75) is 31.7 Å². The second kappa shape index (κ2) is 8.09. The van der Waals surface area contributed by atoms with Crippen LogP contribution in [0, 0.1) is 5.82 Å². The molecule has 0 spiro atoms. The lowest BCUT2D eigenvalue weighted by Gasteiger charge is -2.27. The third-order valence-corrected chi connectivity index (χ3v) is 5.37. The van der Waals surface area contributed by atoms with E-state index in [0.29, 0.717) is 26.1 Å². The topological polar surface area (TPSA) is 48.0 Å². The third kappa shape index (κ3) is 3.77. The van der Waals surface area contributed by atoms with Gasteiger partial charge in [0.2, 0.25) is 5.91 Å². The van der Waals surface area contributed by atoms with Gasteiger partial charge in [0.15, 0.2) is 23.1 Å². The molecule has 0 aromatic heterocycles. The Labute approximate surface area is 164 Å².